The second-order valence-electron chi connectivity index (χ2n) is 7.99. The van der Waals surface area contributed by atoms with Crippen LogP contribution in [0.15, 0.2) is 42.5 Å². The second kappa shape index (κ2) is 9.75. The molecule has 2 aromatic rings. The van der Waals surface area contributed by atoms with Crippen LogP contribution in [0.25, 0.3) is 0 Å². The molecule has 29 heavy (non-hydrogen) atoms. The van der Waals surface area contributed by atoms with Crippen LogP contribution in [-0.4, -0.2) is 6.61 Å². The van der Waals surface area contributed by atoms with Gasteiger partial charge in [0.1, 0.15) is 0 Å². The maximum Gasteiger partial charge on any atom is 0.383 e. The number of rotatable bonds is 8. The van der Waals surface area contributed by atoms with Gasteiger partial charge in [0.05, 0.1) is 12.2 Å². The highest BCUT2D eigenvalue weighted by Crippen LogP contribution is 2.38. The monoisotopic (exact) mass is 408 g/mol. The summed E-state index contributed by atoms with van der Waals surface area (Å²) in [7, 11) is 0. The van der Waals surface area contributed by atoms with Gasteiger partial charge in [-0.25, -0.2) is 8.78 Å². The quantitative estimate of drug-likeness (QED) is 0.415. The van der Waals surface area contributed by atoms with E-state index in [1.165, 1.54) is 43.9 Å². The molecule has 0 N–H and O–H groups in total. The summed E-state index contributed by atoms with van der Waals surface area (Å²) in [6.07, 6.45) is 3.81. The Hall–Kier alpha value is -1.88. The average molecular weight is 408 g/mol. The molecular formula is C24H28F4O. The van der Waals surface area contributed by atoms with Crippen molar-refractivity contribution >= 4 is 0 Å². The van der Waals surface area contributed by atoms with Crippen molar-refractivity contribution in [2.45, 2.75) is 63.9 Å². The minimum Gasteiger partial charge on any atom is -0.316 e. The van der Waals surface area contributed by atoms with Gasteiger partial charge in [-0.2, -0.15) is 8.78 Å². The fraction of sp³-hybridized carbons (Fsp3) is 0.500. The van der Waals surface area contributed by atoms with Gasteiger partial charge in [0, 0.05) is 0 Å². The summed E-state index contributed by atoms with van der Waals surface area (Å²) < 4.78 is 59.6. The van der Waals surface area contributed by atoms with Crippen molar-refractivity contribution in [2.24, 2.45) is 5.92 Å². The van der Waals surface area contributed by atoms with E-state index in [-0.39, 0.29) is 18.6 Å². The predicted molar refractivity (Wildman–Crippen MR) is 106 cm³/mol. The fourth-order valence-corrected chi connectivity index (χ4v) is 4.22. The minimum atomic E-state index is -3.42. The molecule has 158 valence electrons. The van der Waals surface area contributed by atoms with Crippen LogP contribution in [0.2, 0.25) is 0 Å². The van der Waals surface area contributed by atoms with E-state index in [2.05, 4.69) is 6.92 Å². The Morgan fingerprint density at radius 1 is 0.931 bits per heavy atom. The van der Waals surface area contributed by atoms with Crippen molar-refractivity contribution in [3.63, 3.8) is 0 Å². The molecule has 0 unspecified atom stereocenters. The lowest BCUT2D eigenvalue weighted by atomic mass is 9.77. The van der Waals surface area contributed by atoms with Gasteiger partial charge in [0.2, 0.25) is 0 Å². The molecule has 1 aliphatic rings. The first kappa shape index (κ1) is 21.8. The molecule has 0 bridgehead atoms. The molecule has 1 nitrogen and oxygen atoms in total. The zero-order valence-corrected chi connectivity index (χ0v) is 16.8. The van der Waals surface area contributed by atoms with Crippen molar-refractivity contribution < 1.29 is 22.3 Å². The largest absolute Gasteiger partial charge is 0.383 e. The first-order chi connectivity index (χ1) is 13.9. The molecular weight excluding hydrogens is 380 g/mol. The molecule has 0 amide bonds. The van der Waals surface area contributed by atoms with Gasteiger partial charge in [-0.3, -0.25) is 0 Å². The Morgan fingerprint density at radius 2 is 1.62 bits per heavy atom. The molecule has 2 aromatic carbocycles. The van der Waals surface area contributed by atoms with Crippen molar-refractivity contribution in [2.75, 3.05) is 6.61 Å². The highest BCUT2D eigenvalue weighted by molar-refractivity contribution is 5.27. The van der Waals surface area contributed by atoms with Crippen molar-refractivity contribution in [1.29, 1.82) is 0 Å². The number of alkyl halides is 2. The SMILES string of the molecule is CCC[C@H]1CC[C@H](c2ccc(C(F)(F)OCCc3ccc(F)c(F)c3)cc2)CC1. The standard InChI is InChI=1S/C24H28F4O/c1-2-3-17-4-7-19(8-5-17)20-9-11-21(12-10-20)24(27,28)29-15-14-18-6-13-22(25)23(26)16-18/h6,9-13,16-17,19H,2-5,7-8,14-15H2,1H3/t17-,19-. The molecule has 1 saturated carbocycles. The minimum absolute atomic E-state index is 0.0753. The highest BCUT2D eigenvalue weighted by atomic mass is 19.3. The maximum absolute atomic E-state index is 14.4. The molecule has 0 saturated heterocycles. The van der Waals surface area contributed by atoms with E-state index in [4.69, 9.17) is 4.74 Å². The van der Waals surface area contributed by atoms with Gasteiger partial charge in [-0.15, -0.1) is 0 Å². The Morgan fingerprint density at radius 3 is 2.24 bits per heavy atom. The van der Waals surface area contributed by atoms with Gasteiger partial charge >= 0.3 is 6.11 Å². The Labute approximate surface area is 170 Å². The summed E-state index contributed by atoms with van der Waals surface area (Å²) in [4.78, 5) is 0. The lowest BCUT2D eigenvalue weighted by molar-refractivity contribution is -0.248. The van der Waals surface area contributed by atoms with E-state index in [1.54, 1.807) is 12.1 Å². The third-order valence-corrected chi connectivity index (χ3v) is 5.92. The van der Waals surface area contributed by atoms with Gasteiger partial charge in [-0.1, -0.05) is 50.1 Å². The molecule has 0 radical (unpaired) electrons. The van der Waals surface area contributed by atoms with Gasteiger partial charge in [0.15, 0.2) is 11.6 Å². The molecule has 0 heterocycles. The van der Waals surface area contributed by atoms with Crippen LogP contribution < -0.4 is 0 Å². The second-order valence-corrected chi connectivity index (χ2v) is 7.99. The van der Waals surface area contributed by atoms with Gasteiger partial charge in [0.25, 0.3) is 0 Å². The van der Waals surface area contributed by atoms with Crippen LogP contribution in [0.1, 0.15) is 68.1 Å². The molecule has 3 rings (SSSR count). The number of hydrogen-bond donors (Lipinski definition) is 0. The number of halogens is 4. The Bertz CT molecular complexity index is 780. The van der Waals surface area contributed by atoms with Crippen LogP contribution in [-0.2, 0) is 17.3 Å². The Kier molecular flexibility index (Phi) is 7.33. The zero-order chi connectivity index (χ0) is 20.9. The first-order valence-corrected chi connectivity index (χ1v) is 10.4. The van der Waals surface area contributed by atoms with Crippen molar-refractivity contribution in [3.05, 3.63) is 70.8 Å². The van der Waals surface area contributed by atoms with E-state index in [9.17, 15) is 17.6 Å². The summed E-state index contributed by atoms with van der Waals surface area (Å²) >= 11 is 0. The predicted octanol–water partition coefficient (Wildman–Crippen LogP) is 7.35. The van der Waals surface area contributed by atoms with Gasteiger partial charge in [-0.05, 0) is 67.2 Å². The Balaban J connectivity index is 1.53. The zero-order valence-electron chi connectivity index (χ0n) is 16.8. The van der Waals surface area contributed by atoms with E-state index in [1.807, 2.05) is 0 Å². The molecule has 1 aliphatic carbocycles. The van der Waals surface area contributed by atoms with Crippen LogP contribution in [0.5, 0.6) is 0 Å². The van der Waals surface area contributed by atoms with E-state index >= 15 is 0 Å². The van der Waals surface area contributed by atoms with Crippen LogP contribution in [0, 0.1) is 17.6 Å². The summed E-state index contributed by atoms with van der Waals surface area (Å²) in [6.45, 7) is 1.92. The fourth-order valence-electron chi connectivity index (χ4n) is 4.22. The average Bonchev–Trinajstić information content (AvgIpc) is 2.71. The molecule has 0 aliphatic heterocycles. The third kappa shape index (κ3) is 5.81. The van der Waals surface area contributed by atoms with E-state index in [0.29, 0.717) is 11.5 Å². The van der Waals surface area contributed by atoms with E-state index < -0.39 is 17.7 Å². The van der Waals surface area contributed by atoms with Crippen molar-refractivity contribution in [1.82, 2.24) is 0 Å². The lowest BCUT2D eigenvalue weighted by Crippen LogP contribution is -2.20. The molecule has 0 atom stereocenters. The third-order valence-electron chi connectivity index (χ3n) is 5.92. The number of benzene rings is 2. The summed E-state index contributed by atoms with van der Waals surface area (Å²) in [5, 5.41) is 0. The normalized spacial score (nSPS) is 20.0. The molecule has 5 heteroatoms. The number of ether oxygens (including phenoxy) is 1. The molecule has 0 aromatic heterocycles. The lowest BCUT2D eigenvalue weighted by Gasteiger charge is -2.29. The smallest absolute Gasteiger partial charge is 0.316 e. The van der Waals surface area contributed by atoms with Crippen LogP contribution in [0.4, 0.5) is 17.6 Å². The highest BCUT2D eigenvalue weighted by Gasteiger charge is 2.33. The van der Waals surface area contributed by atoms with Crippen LogP contribution >= 0.6 is 0 Å². The summed E-state index contributed by atoms with van der Waals surface area (Å²) in [5.74, 6) is -0.699. The topological polar surface area (TPSA) is 9.23 Å². The van der Waals surface area contributed by atoms with E-state index in [0.717, 1.165) is 36.5 Å². The van der Waals surface area contributed by atoms with Crippen molar-refractivity contribution in [3.8, 4) is 0 Å². The van der Waals surface area contributed by atoms with Gasteiger partial charge < -0.3 is 4.74 Å². The number of hydrogen-bond acceptors (Lipinski definition) is 1. The first-order valence-electron chi connectivity index (χ1n) is 10.4. The van der Waals surface area contributed by atoms with Crippen LogP contribution in [0.3, 0.4) is 0 Å². The summed E-state index contributed by atoms with van der Waals surface area (Å²) in [6, 6.07) is 9.79. The molecule has 1 fully saturated rings. The maximum atomic E-state index is 14.4. The molecule has 0 spiro atoms. The summed E-state index contributed by atoms with van der Waals surface area (Å²) in [5.41, 5.74) is 1.33.